The number of methoxy groups -OCH3 is 1. The summed E-state index contributed by atoms with van der Waals surface area (Å²) in [4.78, 5) is 56.1. The molecule has 0 radical (unpaired) electrons. The van der Waals surface area contributed by atoms with Crippen molar-refractivity contribution in [2.75, 3.05) is 23.9 Å². The molecule has 2 N–H and O–H groups in total. The number of benzene rings is 3. The van der Waals surface area contributed by atoms with E-state index in [1.54, 1.807) is 55.6 Å². The number of rotatable bonds is 7. The van der Waals surface area contributed by atoms with Gasteiger partial charge in [-0.3, -0.25) is 19.2 Å². The van der Waals surface area contributed by atoms with Crippen molar-refractivity contribution in [2.45, 2.75) is 16.2 Å². The number of hydrogen-bond donors (Lipinski definition) is 2. The van der Waals surface area contributed by atoms with Crippen LogP contribution in [0.25, 0.3) is 0 Å². The van der Waals surface area contributed by atoms with Crippen molar-refractivity contribution in [2.24, 2.45) is 5.92 Å². The summed E-state index contributed by atoms with van der Waals surface area (Å²) < 4.78 is 24.3. The van der Waals surface area contributed by atoms with Crippen molar-refractivity contribution in [3.63, 3.8) is 0 Å². The number of imide groups is 1. The third-order valence-corrected chi connectivity index (χ3v) is 9.29. The van der Waals surface area contributed by atoms with E-state index in [0.29, 0.717) is 38.3 Å². The number of thioether (sulfide) groups is 1. The van der Waals surface area contributed by atoms with Crippen LogP contribution >= 0.6 is 23.1 Å². The van der Waals surface area contributed by atoms with E-state index in [9.17, 15) is 23.6 Å². The first-order valence-corrected chi connectivity index (χ1v) is 14.2. The largest absolute Gasteiger partial charge is 0.497 e. The zero-order chi connectivity index (χ0) is 28.7. The van der Waals surface area contributed by atoms with Crippen molar-refractivity contribution in [3.8, 4) is 11.5 Å². The normalized spacial score (nSPS) is 19.5. The Hall–Kier alpha value is -4.42. The van der Waals surface area contributed by atoms with Gasteiger partial charge in [-0.1, -0.05) is 35.2 Å². The molecule has 4 aromatic rings. The lowest BCUT2D eigenvalue weighted by Gasteiger charge is -2.29. The molecule has 3 aromatic carbocycles. The minimum absolute atomic E-state index is 0.223. The molecule has 0 spiro atoms. The van der Waals surface area contributed by atoms with E-state index >= 15 is 0 Å². The Labute approximate surface area is 241 Å². The fourth-order valence-electron chi connectivity index (χ4n) is 5.01. The van der Waals surface area contributed by atoms with Gasteiger partial charge in [0.15, 0.2) is 6.61 Å². The number of carbonyl (C=O) groups is 3. The molecule has 0 saturated carbocycles. The summed E-state index contributed by atoms with van der Waals surface area (Å²) in [6.07, 6.45) is 0. The van der Waals surface area contributed by atoms with E-state index in [0.717, 1.165) is 16.2 Å². The number of fused-ring (bicyclic) bond motifs is 2. The maximum absolute atomic E-state index is 13.7. The van der Waals surface area contributed by atoms with Crippen LogP contribution in [0.4, 0.5) is 15.8 Å². The number of aromatic amines is 1. The number of amides is 3. The van der Waals surface area contributed by atoms with Gasteiger partial charge >= 0.3 is 4.87 Å². The lowest BCUT2D eigenvalue weighted by Crippen LogP contribution is -2.32. The van der Waals surface area contributed by atoms with Gasteiger partial charge in [0.2, 0.25) is 11.8 Å². The molecule has 2 aliphatic heterocycles. The fraction of sp³-hybridized carbons (Fsp3) is 0.172. The van der Waals surface area contributed by atoms with Crippen LogP contribution < -0.4 is 24.6 Å². The summed E-state index contributed by atoms with van der Waals surface area (Å²) in [5.74, 6) is -1.86. The molecule has 1 fully saturated rings. The first-order valence-electron chi connectivity index (χ1n) is 12.5. The number of nitrogens with zero attached hydrogens (tertiary/aromatic N) is 1. The van der Waals surface area contributed by atoms with Gasteiger partial charge in [-0.05, 0) is 66.2 Å². The zero-order valence-corrected chi connectivity index (χ0v) is 23.1. The van der Waals surface area contributed by atoms with Crippen LogP contribution in [0, 0.1) is 11.7 Å². The first-order chi connectivity index (χ1) is 19.8. The first kappa shape index (κ1) is 26.8. The van der Waals surface area contributed by atoms with Crippen LogP contribution in [0.1, 0.15) is 16.4 Å². The van der Waals surface area contributed by atoms with E-state index < -0.39 is 34.7 Å². The molecule has 208 valence electrons. The van der Waals surface area contributed by atoms with Crippen molar-refractivity contribution in [1.29, 1.82) is 0 Å². The van der Waals surface area contributed by atoms with Gasteiger partial charge in [-0.2, -0.15) is 0 Å². The van der Waals surface area contributed by atoms with Gasteiger partial charge in [-0.25, -0.2) is 9.29 Å². The summed E-state index contributed by atoms with van der Waals surface area (Å²) in [6, 6.07) is 19.0. The van der Waals surface area contributed by atoms with Crippen molar-refractivity contribution < 1.29 is 28.2 Å². The van der Waals surface area contributed by atoms with Crippen LogP contribution in [0.15, 0.2) is 82.6 Å². The Balaban J connectivity index is 1.22. The Morgan fingerprint density at radius 2 is 1.63 bits per heavy atom. The average Bonchev–Trinajstić information content (AvgIpc) is 3.47. The van der Waals surface area contributed by atoms with Gasteiger partial charge < -0.3 is 19.8 Å². The second-order valence-corrected chi connectivity index (χ2v) is 11.5. The molecule has 1 saturated heterocycles. The quantitative estimate of drug-likeness (QED) is 0.306. The zero-order valence-electron chi connectivity index (χ0n) is 21.5. The number of nitrogens with one attached hydrogen (secondary N) is 2. The highest BCUT2D eigenvalue weighted by Crippen LogP contribution is 2.53. The van der Waals surface area contributed by atoms with E-state index in [1.165, 1.54) is 36.0 Å². The van der Waals surface area contributed by atoms with Crippen LogP contribution in [-0.4, -0.2) is 41.7 Å². The fourth-order valence-corrected chi connectivity index (χ4v) is 7.53. The highest BCUT2D eigenvalue weighted by atomic mass is 32.2. The highest BCUT2D eigenvalue weighted by molar-refractivity contribution is 8.00. The topological polar surface area (TPSA) is 118 Å². The van der Waals surface area contributed by atoms with Gasteiger partial charge in [0.25, 0.3) is 5.91 Å². The number of carbonyl (C=O) groups excluding carboxylic acids is 3. The molecule has 12 heteroatoms. The molecule has 9 nitrogen and oxygen atoms in total. The molecule has 3 atom stereocenters. The van der Waals surface area contributed by atoms with Crippen LogP contribution in [-0.2, 0) is 14.4 Å². The molecular weight excluding hydrogens is 569 g/mol. The van der Waals surface area contributed by atoms with Gasteiger partial charge in [0.1, 0.15) is 22.6 Å². The molecule has 2 unspecified atom stereocenters. The number of H-pyrrole nitrogens is 1. The summed E-state index contributed by atoms with van der Waals surface area (Å²) >= 11 is 2.18. The number of thiazole rings is 1. The van der Waals surface area contributed by atoms with Gasteiger partial charge in [0, 0.05) is 16.5 Å². The lowest BCUT2D eigenvalue weighted by atomic mass is 9.83. The molecule has 3 amide bonds. The average molecular weight is 592 g/mol. The monoisotopic (exact) mass is 591 g/mol. The number of aromatic nitrogens is 1. The Morgan fingerprint density at radius 3 is 2.32 bits per heavy atom. The smallest absolute Gasteiger partial charge is 0.305 e. The minimum atomic E-state index is -0.765. The highest BCUT2D eigenvalue weighted by Gasteiger charge is 2.56. The standard InChI is InChI=1S/C29H22FN3O6S2/c1-38-19-12-6-17(7-13-19)31-21(34)14-39-20-10-2-15(3-11-20)22-23-25(40-26-24(22)41-29(37)32-26)28(36)33(27(23)35)18-8-4-16(30)5-9-18/h2-13,22-23,25H,14H2,1H3,(H,31,34)(H,32,37)/t22-,23?,25?/m1/s1. The molecule has 6 rings (SSSR count). The second kappa shape index (κ2) is 10.9. The summed E-state index contributed by atoms with van der Waals surface area (Å²) in [6.45, 7) is -0.223. The van der Waals surface area contributed by atoms with Crippen molar-refractivity contribution in [1.82, 2.24) is 4.98 Å². The molecule has 0 bridgehead atoms. The predicted octanol–water partition coefficient (Wildman–Crippen LogP) is 4.40. The molecule has 2 aliphatic rings. The molecule has 0 aliphatic carbocycles. The maximum atomic E-state index is 13.7. The number of anilines is 2. The maximum Gasteiger partial charge on any atom is 0.305 e. The molecular formula is C29H22FN3O6S2. The van der Waals surface area contributed by atoms with Gasteiger partial charge in [0.05, 0.1) is 23.7 Å². The predicted molar refractivity (Wildman–Crippen MR) is 152 cm³/mol. The third kappa shape index (κ3) is 5.11. The van der Waals surface area contributed by atoms with Crippen molar-refractivity contribution in [3.05, 3.63) is 98.7 Å². The number of ether oxygens (including phenoxy) is 2. The van der Waals surface area contributed by atoms with Crippen LogP contribution in [0.3, 0.4) is 0 Å². The molecule has 3 heterocycles. The Bertz CT molecular complexity index is 1690. The van der Waals surface area contributed by atoms with E-state index in [1.807, 2.05) is 0 Å². The number of hydrogen-bond acceptors (Lipinski definition) is 8. The van der Waals surface area contributed by atoms with Crippen LogP contribution in [0.2, 0.25) is 0 Å². The SMILES string of the molecule is COc1ccc(NC(=O)COc2ccc([C@H]3c4sc(=O)[nH]c4SC4C(=O)N(c5ccc(F)cc5)C(=O)C43)cc2)cc1. The minimum Gasteiger partial charge on any atom is -0.497 e. The number of halogens is 1. The Kier molecular flexibility index (Phi) is 7.10. The second-order valence-electron chi connectivity index (χ2n) is 9.37. The Morgan fingerprint density at radius 1 is 0.951 bits per heavy atom. The van der Waals surface area contributed by atoms with Crippen LogP contribution in [0.5, 0.6) is 11.5 Å². The third-order valence-electron chi connectivity index (χ3n) is 6.89. The van der Waals surface area contributed by atoms with E-state index in [4.69, 9.17) is 9.47 Å². The van der Waals surface area contributed by atoms with Crippen molar-refractivity contribution >= 4 is 52.2 Å². The van der Waals surface area contributed by atoms with E-state index in [2.05, 4.69) is 10.3 Å². The summed E-state index contributed by atoms with van der Waals surface area (Å²) in [5.41, 5.74) is 1.61. The summed E-state index contributed by atoms with van der Waals surface area (Å²) in [5, 5.41) is 2.55. The summed E-state index contributed by atoms with van der Waals surface area (Å²) in [7, 11) is 1.56. The van der Waals surface area contributed by atoms with E-state index in [-0.39, 0.29) is 17.4 Å². The lowest BCUT2D eigenvalue weighted by molar-refractivity contribution is -0.122. The molecule has 1 aromatic heterocycles. The van der Waals surface area contributed by atoms with Gasteiger partial charge in [-0.15, -0.1) is 0 Å². The molecule has 41 heavy (non-hydrogen) atoms.